The SMILES string of the molecule is CCCCc1cccc(C2=C(N3CN(C)C4C=CCCC43)C(c3ccccc3)=CC(C)C2)c1. The molecule has 0 aromatic heterocycles. The van der Waals surface area contributed by atoms with Gasteiger partial charge in [-0.25, -0.2) is 0 Å². The summed E-state index contributed by atoms with van der Waals surface area (Å²) in [7, 11) is 2.29. The molecule has 2 nitrogen and oxygen atoms in total. The minimum Gasteiger partial charge on any atom is -0.353 e. The number of benzene rings is 2. The predicted molar refractivity (Wildman–Crippen MR) is 141 cm³/mol. The number of likely N-dealkylation sites (N-methyl/N-ethyl adjacent to an activating group) is 1. The second kappa shape index (κ2) is 9.73. The summed E-state index contributed by atoms with van der Waals surface area (Å²) in [4.78, 5) is 5.27. The topological polar surface area (TPSA) is 6.48 Å². The number of nitrogens with zero attached hydrogens (tertiary/aromatic N) is 2. The Labute approximate surface area is 200 Å². The van der Waals surface area contributed by atoms with E-state index in [2.05, 4.69) is 104 Å². The van der Waals surface area contributed by atoms with Gasteiger partial charge in [-0.05, 0) is 67.3 Å². The van der Waals surface area contributed by atoms with Crippen molar-refractivity contribution in [3.05, 3.63) is 95.2 Å². The van der Waals surface area contributed by atoms with Gasteiger partial charge in [-0.1, -0.05) is 93.1 Å². The smallest absolute Gasteiger partial charge is 0.0714 e. The van der Waals surface area contributed by atoms with Crippen LogP contribution in [-0.2, 0) is 6.42 Å². The monoisotopic (exact) mass is 438 g/mol. The first-order valence-electron chi connectivity index (χ1n) is 12.9. The fraction of sp³-hybridized carbons (Fsp3) is 0.419. The van der Waals surface area contributed by atoms with E-state index in [4.69, 9.17) is 0 Å². The predicted octanol–water partition coefficient (Wildman–Crippen LogP) is 7.16. The molecule has 3 atom stereocenters. The zero-order valence-electron chi connectivity index (χ0n) is 20.5. The van der Waals surface area contributed by atoms with Gasteiger partial charge in [0.05, 0.1) is 6.67 Å². The van der Waals surface area contributed by atoms with Gasteiger partial charge in [-0.15, -0.1) is 0 Å². The normalized spacial score (nSPS) is 25.4. The summed E-state index contributed by atoms with van der Waals surface area (Å²) in [6.45, 7) is 5.65. The van der Waals surface area contributed by atoms with Crippen molar-refractivity contribution >= 4 is 11.1 Å². The highest BCUT2D eigenvalue weighted by Crippen LogP contribution is 2.45. The summed E-state index contributed by atoms with van der Waals surface area (Å²) >= 11 is 0. The highest BCUT2D eigenvalue weighted by molar-refractivity contribution is 5.91. The van der Waals surface area contributed by atoms with Crippen molar-refractivity contribution < 1.29 is 0 Å². The summed E-state index contributed by atoms with van der Waals surface area (Å²) in [5.74, 6) is 0.528. The third-order valence-corrected chi connectivity index (χ3v) is 7.63. The van der Waals surface area contributed by atoms with Gasteiger partial charge in [-0.3, -0.25) is 4.90 Å². The lowest BCUT2D eigenvalue weighted by atomic mass is 9.81. The van der Waals surface area contributed by atoms with Crippen LogP contribution in [0.15, 0.2) is 78.5 Å². The molecule has 33 heavy (non-hydrogen) atoms. The molecule has 2 aliphatic carbocycles. The van der Waals surface area contributed by atoms with Crippen molar-refractivity contribution in [3.63, 3.8) is 0 Å². The van der Waals surface area contributed by atoms with E-state index in [9.17, 15) is 0 Å². The molecule has 2 aromatic carbocycles. The fourth-order valence-electron chi connectivity index (χ4n) is 5.99. The number of allylic oxidation sites excluding steroid dienone is 4. The average Bonchev–Trinajstić information content (AvgIpc) is 3.19. The average molecular weight is 439 g/mol. The second-order valence-electron chi connectivity index (χ2n) is 10.2. The lowest BCUT2D eigenvalue weighted by molar-refractivity contribution is 0.297. The van der Waals surface area contributed by atoms with Crippen molar-refractivity contribution in [2.45, 2.75) is 64.5 Å². The van der Waals surface area contributed by atoms with Gasteiger partial charge in [0.25, 0.3) is 0 Å². The zero-order chi connectivity index (χ0) is 22.8. The van der Waals surface area contributed by atoms with Crippen LogP contribution in [0.4, 0.5) is 0 Å². The molecule has 0 spiro atoms. The Kier molecular flexibility index (Phi) is 6.55. The van der Waals surface area contributed by atoms with Crippen LogP contribution in [0.25, 0.3) is 11.1 Å². The van der Waals surface area contributed by atoms with Gasteiger partial charge in [0.1, 0.15) is 0 Å². The van der Waals surface area contributed by atoms with E-state index in [-0.39, 0.29) is 0 Å². The second-order valence-corrected chi connectivity index (χ2v) is 10.2. The number of aryl methyl sites for hydroxylation is 1. The van der Waals surface area contributed by atoms with Crippen LogP contribution >= 0.6 is 0 Å². The zero-order valence-corrected chi connectivity index (χ0v) is 20.5. The number of rotatable bonds is 6. The lowest BCUT2D eigenvalue weighted by Crippen LogP contribution is -2.37. The molecule has 3 unspecified atom stereocenters. The fourth-order valence-corrected chi connectivity index (χ4v) is 5.99. The van der Waals surface area contributed by atoms with E-state index < -0.39 is 0 Å². The van der Waals surface area contributed by atoms with Crippen molar-refractivity contribution in [3.8, 4) is 0 Å². The molecule has 2 heteroatoms. The molecular weight excluding hydrogens is 400 g/mol. The van der Waals surface area contributed by atoms with Gasteiger partial charge in [-0.2, -0.15) is 0 Å². The van der Waals surface area contributed by atoms with Gasteiger partial charge in [0.2, 0.25) is 0 Å². The van der Waals surface area contributed by atoms with Crippen LogP contribution < -0.4 is 0 Å². The minimum atomic E-state index is 0.514. The number of hydrogen-bond donors (Lipinski definition) is 0. The third kappa shape index (κ3) is 4.46. The van der Waals surface area contributed by atoms with Crippen molar-refractivity contribution in [2.24, 2.45) is 5.92 Å². The Hall–Kier alpha value is -2.58. The van der Waals surface area contributed by atoms with E-state index in [0.29, 0.717) is 18.0 Å². The van der Waals surface area contributed by atoms with Gasteiger partial charge >= 0.3 is 0 Å². The summed E-state index contributed by atoms with van der Waals surface area (Å²) < 4.78 is 0. The lowest BCUT2D eigenvalue weighted by Gasteiger charge is -2.37. The number of fused-ring (bicyclic) bond motifs is 1. The Morgan fingerprint density at radius 3 is 2.64 bits per heavy atom. The maximum Gasteiger partial charge on any atom is 0.0714 e. The van der Waals surface area contributed by atoms with Crippen molar-refractivity contribution in [1.82, 2.24) is 9.80 Å². The summed E-state index contributed by atoms with van der Waals surface area (Å²) in [6.07, 6.45) is 14.5. The Bertz CT molecular complexity index is 1060. The molecule has 0 amide bonds. The molecule has 1 aliphatic heterocycles. The number of hydrogen-bond acceptors (Lipinski definition) is 2. The van der Waals surface area contributed by atoms with Crippen molar-refractivity contribution in [2.75, 3.05) is 13.7 Å². The molecule has 172 valence electrons. The van der Waals surface area contributed by atoms with Crippen LogP contribution in [-0.4, -0.2) is 35.6 Å². The molecule has 0 radical (unpaired) electrons. The molecule has 2 aromatic rings. The van der Waals surface area contributed by atoms with Crippen LogP contribution in [0.3, 0.4) is 0 Å². The van der Waals surface area contributed by atoms with Crippen LogP contribution in [0, 0.1) is 5.92 Å². The first-order chi connectivity index (χ1) is 16.2. The van der Waals surface area contributed by atoms with Crippen LogP contribution in [0.1, 0.15) is 62.6 Å². The van der Waals surface area contributed by atoms with Gasteiger partial charge in [0.15, 0.2) is 0 Å². The Balaban J connectivity index is 1.65. The first-order valence-corrected chi connectivity index (χ1v) is 12.9. The molecule has 1 heterocycles. The molecule has 5 rings (SSSR count). The summed E-state index contributed by atoms with van der Waals surface area (Å²) in [6, 6.07) is 21.5. The molecule has 1 saturated heterocycles. The molecule has 0 N–H and O–H groups in total. The first kappa shape index (κ1) is 22.2. The molecular formula is C31H38N2. The standard InChI is InChI=1S/C31H38N2/c1-4-5-12-24-13-11-16-26(21-24)28-20-23(2)19-27(25-14-7-6-8-15-25)31(28)33-22-32(3)29-17-9-10-18-30(29)33/h6-9,11,13-17,19,21,23,29-30H,4-5,10,12,18,20,22H2,1-3H3. The maximum absolute atomic E-state index is 2.74. The third-order valence-electron chi connectivity index (χ3n) is 7.63. The quantitative estimate of drug-likeness (QED) is 0.442. The minimum absolute atomic E-state index is 0.514. The van der Waals surface area contributed by atoms with E-state index in [0.717, 1.165) is 13.1 Å². The number of unbranched alkanes of at least 4 members (excludes halogenated alkanes) is 1. The van der Waals surface area contributed by atoms with Gasteiger partial charge in [0, 0.05) is 23.4 Å². The highest BCUT2D eigenvalue weighted by atomic mass is 15.4. The highest BCUT2D eigenvalue weighted by Gasteiger charge is 2.41. The van der Waals surface area contributed by atoms with Crippen LogP contribution in [0.5, 0.6) is 0 Å². The molecule has 1 fully saturated rings. The Morgan fingerprint density at radius 2 is 1.82 bits per heavy atom. The van der Waals surface area contributed by atoms with Gasteiger partial charge < -0.3 is 4.90 Å². The summed E-state index contributed by atoms with van der Waals surface area (Å²) in [5, 5.41) is 0. The van der Waals surface area contributed by atoms with E-state index in [1.165, 1.54) is 65.6 Å². The maximum atomic E-state index is 2.74. The Morgan fingerprint density at radius 1 is 1.00 bits per heavy atom. The van der Waals surface area contributed by atoms with E-state index >= 15 is 0 Å². The molecule has 0 saturated carbocycles. The molecule has 0 bridgehead atoms. The van der Waals surface area contributed by atoms with Crippen molar-refractivity contribution in [1.29, 1.82) is 0 Å². The van der Waals surface area contributed by atoms with E-state index in [1.807, 2.05) is 0 Å². The summed E-state index contributed by atoms with van der Waals surface area (Å²) in [5.41, 5.74) is 8.67. The largest absolute Gasteiger partial charge is 0.353 e. The van der Waals surface area contributed by atoms with Crippen LogP contribution in [0.2, 0.25) is 0 Å². The van der Waals surface area contributed by atoms with E-state index in [1.54, 1.807) is 0 Å². The molecule has 3 aliphatic rings.